The highest BCUT2D eigenvalue weighted by Crippen LogP contribution is 2.30. The highest BCUT2D eigenvalue weighted by molar-refractivity contribution is 7.99. The van der Waals surface area contributed by atoms with E-state index in [0.717, 1.165) is 40.8 Å². The molecule has 1 amide bonds. The van der Waals surface area contributed by atoms with E-state index in [4.69, 9.17) is 4.74 Å². The first-order valence-electron chi connectivity index (χ1n) is 9.98. The molecule has 8 heteroatoms. The van der Waals surface area contributed by atoms with Crippen molar-refractivity contribution in [3.63, 3.8) is 0 Å². The molecule has 1 aromatic heterocycles. The minimum Gasteiger partial charge on any atom is -0.497 e. The minimum absolute atomic E-state index is 0.209. The van der Waals surface area contributed by atoms with Crippen LogP contribution in [0.4, 0.5) is 9.52 Å². The molecule has 0 spiro atoms. The number of halogens is 1. The molecule has 2 heterocycles. The van der Waals surface area contributed by atoms with Crippen LogP contribution in [0.3, 0.4) is 0 Å². The fourth-order valence-corrected chi connectivity index (χ4v) is 5.31. The Bertz CT molecular complexity index is 1000. The first-order valence-corrected chi connectivity index (χ1v) is 11.8. The van der Waals surface area contributed by atoms with Crippen molar-refractivity contribution in [1.29, 1.82) is 0 Å². The van der Waals surface area contributed by atoms with Crippen molar-refractivity contribution in [3.8, 4) is 5.75 Å². The van der Waals surface area contributed by atoms with Crippen LogP contribution in [0.5, 0.6) is 5.75 Å². The molecule has 0 unspecified atom stereocenters. The lowest BCUT2D eigenvalue weighted by molar-refractivity contribution is -0.131. The van der Waals surface area contributed by atoms with E-state index in [1.165, 1.54) is 22.3 Å². The summed E-state index contributed by atoms with van der Waals surface area (Å²) >= 11 is 3.26. The Morgan fingerprint density at radius 2 is 1.93 bits per heavy atom. The number of methoxy groups -OCH3 is 1. The number of carbonyl (C=O) groups excluding carboxylic acids is 1. The fraction of sp³-hybridized carbons (Fsp3) is 0.364. The third kappa shape index (κ3) is 4.87. The number of rotatable bonds is 7. The highest BCUT2D eigenvalue weighted by atomic mass is 32.2. The summed E-state index contributed by atoms with van der Waals surface area (Å²) in [7, 11) is 1.66. The number of ether oxygens (including phenoxy) is 1. The van der Waals surface area contributed by atoms with Crippen LogP contribution in [0.15, 0.2) is 47.4 Å². The van der Waals surface area contributed by atoms with Gasteiger partial charge in [0.2, 0.25) is 5.91 Å². The summed E-state index contributed by atoms with van der Waals surface area (Å²) in [5.74, 6) is 1.69. The van der Waals surface area contributed by atoms with Gasteiger partial charge in [-0.3, -0.25) is 4.79 Å². The van der Waals surface area contributed by atoms with Crippen LogP contribution in [-0.2, 0) is 4.79 Å². The van der Waals surface area contributed by atoms with Crippen molar-refractivity contribution < 1.29 is 13.9 Å². The molecule has 0 N–H and O–H groups in total. The van der Waals surface area contributed by atoms with Crippen LogP contribution in [0.25, 0.3) is 10.2 Å². The summed E-state index contributed by atoms with van der Waals surface area (Å²) in [4.78, 5) is 22.3. The van der Waals surface area contributed by atoms with Gasteiger partial charge in [0.1, 0.15) is 17.1 Å². The van der Waals surface area contributed by atoms with E-state index in [-0.39, 0.29) is 11.7 Å². The number of piperazine rings is 1. The zero-order chi connectivity index (χ0) is 20.9. The Labute approximate surface area is 183 Å². The molecule has 1 aliphatic rings. The lowest BCUT2D eigenvalue weighted by atomic mass is 10.2. The first kappa shape index (κ1) is 20.9. The van der Waals surface area contributed by atoms with E-state index in [1.807, 2.05) is 35.2 Å². The maximum atomic E-state index is 13.9. The molecule has 1 fully saturated rings. The van der Waals surface area contributed by atoms with Gasteiger partial charge in [0.05, 0.1) is 11.8 Å². The number of thiazole rings is 1. The normalized spacial score (nSPS) is 14.3. The van der Waals surface area contributed by atoms with Crippen LogP contribution in [0.2, 0.25) is 0 Å². The molecular weight excluding hydrogens is 421 g/mol. The molecule has 2 aromatic carbocycles. The average molecular weight is 446 g/mol. The van der Waals surface area contributed by atoms with Crippen LogP contribution < -0.4 is 9.64 Å². The van der Waals surface area contributed by atoms with E-state index < -0.39 is 0 Å². The number of fused-ring (bicyclic) bond motifs is 1. The smallest absolute Gasteiger partial charge is 0.222 e. The maximum Gasteiger partial charge on any atom is 0.222 e. The predicted molar refractivity (Wildman–Crippen MR) is 121 cm³/mol. The molecule has 1 saturated heterocycles. The number of hydrogen-bond donors (Lipinski definition) is 0. The van der Waals surface area contributed by atoms with Crippen molar-refractivity contribution in [3.05, 3.63) is 48.3 Å². The van der Waals surface area contributed by atoms with Crippen LogP contribution in [-0.4, -0.2) is 54.8 Å². The topological polar surface area (TPSA) is 45.7 Å². The van der Waals surface area contributed by atoms with Crippen molar-refractivity contribution in [2.45, 2.75) is 17.7 Å². The summed E-state index contributed by atoms with van der Waals surface area (Å²) in [6, 6.07) is 13.0. The summed E-state index contributed by atoms with van der Waals surface area (Å²) in [5.41, 5.74) is 0.436. The van der Waals surface area contributed by atoms with Crippen molar-refractivity contribution in [1.82, 2.24) is 9.88 Å². The highest BCUT2D eigenvalue weighted by Gasteiger charge is 2.23. The van der Waals surface area contributed by atoms with Gasteiger partial charge >= 0.3 is 0 Å². The molecule has 0 aliphatic carbocycles. The van der Waals surface area contributed by atoms with Crippen LogP contribution in [0.1, 0.15) is 12.8 Å². The molecule has 0 radical (unpaired) electrons. The summed E-state index contributed by atoms with van der Waals surface area (Å²) in [6.07, 6.45) is 1.42. The molecule has 0 saturated carbocycles. The lowest BCUT2D eigenvalue weighted by Crippen LogP contribution is -2.48. The van der Waals surface area contributed by atoms with Gasteiger partial charge in [0.25, 0.3) is 0 Å². The van der Waals surface area contributed by atoms with Gasteiger partial charge in [0, 0.05) is 37.5 Å². The Kier molecular flexibility index (Phi) is 6.74. The Hall–Kier alpha value is -2.32. The van der Waals surface area contributed by atoms with Gasteiger partial charge < -0.3 is 14.5 Å². The molecule has 1 aliphatic heterocycles. The van der Waals surface area contributed by atoms with Gasteiger partial charge in [0.15, 0.2) is 5.13 Å². The molecule has 158 valence electrons. The summed E-state index contributed by atoms with van der Waals surface area (Å²) in [6.45, 7) is 2.83. The number of carbonyl (C=O) groups is 1. The number of para-hydroxylation sites is 1. The van der Waals surface area contributed by atoms with Gasteiger partial charge in [-0.05, 0) is 48.6 Å². The monoisotopic (exact) mass is 445 g/mol. The number of hydrogen-bond acceptors (Lipinski definition) is 6. The number of thioether (sulfide) groups is 1. The Morgan fingerprint density at radius 3 is 2.63 bits per heavy atom. The fourth-order valence-electron chi connectivity index (χ4n) is 3.43. The molecular formula is C22H24FN3O2S2. The number of anilines is 1. The van der Waals surface area contributed by atoms with Crippen molar-refractivity contribution >= 4 is 44.4 Å². The molecule has 4 rings (SSSR count). The molecule has 30 heavy (non-hydrogen) atoms. The zero-order valence-corrected chi connectivity index (χ0v) is 18.5. The van der Waals surface area contributed by atoms with Crippen molar-refractivity contribution in [2.75, 3.05) is 43.9 Å². The minimum atomic E-state index is -0.281. The summed E-state index contributed by atoms with van der Waals surface area (Å²) in [5, 5.41) is 0.832. The van der Waals surface area contributed by atoms with Gasteiger partial charge in [-0.1, -0.05) is 17.4 Å². The van der Waals surface area contributed by atoms with E-state index >= 15 is 0 Å². The predicted octanol–water partition coefficient (Wildman–Crippen LogP) is 4.67. The maximum absolute atomic E-state index is 13.9. The molecule has 3 aromatic rings. The third-order valence-corrected chi connectivity index (χ3v) is 7.30. The van der Waals surface area contributed by atoms with Crippen LogP contribution >= 0.6 is 23.1 Å². The molecule has 5 nitrogen and oxygen atoms in total. The van der Waals surface area contributed by atoms with E-state index in [1.54, 1.807) is 24.9 Å². The second-order valence-electron chi connectivity index (χ2n) is 7.08. The first-order chi connectivity index (χ1) is 14.6. The molecule has 0 bridgehead atoms. The lowest BCUT2D eigenvalue weighted by Gasteiger charge is -2.34. The summed E-state index contributed by atoms with van der Waals surface area (Å²) < 4.78 is 19.9. The van der Waals surface area contributed by atoms with Crippen molar-refractivity contribution in [2.24, 2.45) is 0 Å². The Balaban J connectivity index is 1.21. The van der Waals surface area contributed by atoms with E-state index in [0.29, 0.717) is 25.0 Å². The standard InChI is InChI=1S/C22H24FN3O2S2/c1-28-16-7-9-17(10-8-16)29-15-3-6-20(27)25-11-13-26(14-12-25)22-24-21-18(23)4-2-5-19(21)30-22/h2,4-5,7-10H,3,6,11-15H2,1H3. The zero-order valence-electron chi connectivity index (χ0n) is 16.8. The largest absolute Gasteiger partial charge is 0.497 e. The second-order valence-corrected chi connectivity index (χ2v) is 9.26. The van der Waals surface area contributed by atoms with Gasteiger partial charge in [-0.25, -0.2) is 9.37 Å². The Morgan fingerprint density at radius 1 is 1.17 bits per heavy atom. The second kappa shape index (κ2) is 9.66. The average Bonchev–Trinajstić information content (AvgIpc) is 3.23. The van der Waals surface area contributed by atoms with E-state index in [9.17, 15) is 9.18 Å². The van der Waals surface area contributed by atoms with E-state index in [2.05, 4.69) is 9.88 Å². The van der Waals surface area contributed by atoms with Gasteiger partial charge in [-0.2, -0.15) is 0 Å². The third-order valence-electron chi connectivity index (χ3n) is 5.12. The SMILES string of the molecule is COc1ccc(SCCCC(=O)N2CCN(c3nc4c(F)cccc4s3)CC2)cc1. The molecule has 0 atom stereocenters. The number of nitrogens with zero attached hydrogens (tertiary/aromatic N) is 3. The van der Waals surface area contributed by atoms with Crippen LogP contribution in [0, 0.1) is 5.82 Å². The number of aromatic nitrogens is 1. The number of benzene rings is 2. The van der Waals surface area contributed by atoms with Gasteiger partial charge in [-0.15, -0.1) is 11.8 Å². The number of amides is 1. The quantitative estimate of drug-likeness (QED) is 0.391.